The van der Waals surface area contributed by atoms with Crippen LogP contribution in [0.3, 0.4) is 0 Å². The van der Waals surface area contributed by atoms with Gasteiger partial charge in [0.15, 0.2) is 5.96 Å². The fourth-order valence-corrected chi connectivity index (χ4v) is 2.73. The predicted molar refractivity (Wildman–Crippen MR) is 120 cm³/mol. The molecule has 1 aromatic rings. The molecule has 1 aliphatic heterocycles. The molecule has 1 fully saturated rings. The van der Waals surface area contributed by atoms with Gasteiger partial charge in [-0.3, -0.25) is 4.79 Å². The van der Waals surface area contributed by atoms with Gasteiger partial charge in [0.2, 0.25) is 5.91 Å². The molecule has 2 rings (SSSR count). The van der Waals surface area contributed by atoms with Gasteiger partial charge in [0.25, 0.3) is 0 Å². The smallest absolute Gasteiger partial charge is 0.226 e. The lowest BCUT2D eigenvalue weighted by atomic mass is 10.1. The number of nitrogens with zero attached hydrogens (tertiary/aromatic N) is 2. The van der Waals surface area contributed by atoms with Crippen molar-refractivity contribution in [2.75, 3.05) is 18.0 Å². The van der Waals surface area contributed by atoms with Gasteiger partial charge < -0.3 is 15.5 Å². The summed E-state index contributed by atoms with van der Waals surface area (Å²) < 4.78 is 0. The van der Waals surface area contributed by atoms with Crippen LogP contribution in [-0.4, -0.2) is 31.0 Å². The Morgan fingerprint density at radius 3 is 2.46 bits per heavy atom. The molecule has 1 unspecified atom stereocenters. The number of halogens is 1. The Bertz CT molecular complexity index is 586. The van der Waals surface area contributed by atoms with Crippen molar-refractivity contribution in [1.29, 1.82) is 0 Å². The highest BCUT2D eigenvalue weighted by molar-refractivity contribution is 14.0. The maximum absolute atomic E-state index is 12.0. The van der Waals surface area contributed by atoms with E-state index in [0.717, 1.165) is 43.1 Å². The number of rotatable bonds is 6. The van der Waals surface area contributed by atoms with Crippen LogP contribution >= 0.6 is 24.0 Å². The first kappa shape index (κ1) is 22.7. The Kier molecular flexibility index (Phi) is 9.98. The summed E-state index contributed by atoms with van der Waals surface area (Å²) in [6.45, 7) is 10.9. The molecule has 1 amide bonds. The minimum atomic E-state index is 0. The van der Waals surface area contributed by atoms with Crippen LogP contribution in [-0.2, 0) is 11.3 Å². The molecule has 5 nitrogen and oxygen atoms in total. The zero-order chi connectivity index (χ0) is 18.2. The largest absolute Gasteiger partial charge is 0.357 e. The van der Waals surface area contributed by atoms with Gasteiger partial charge in [0, 0.05) is 31.2 Å². The molecule has 2 N–H and O–H groups in total. The first-order valence-corrected chi connectivity index (χ1v) is 9.45. The summed E-state index contributed by atoms with van der Waals surface area (Å²) in [6, 6.07) is 8.56. The summed E-state index contributed by atoms with van der Waals surface area (Å²) in [5.74, 6) is 1.63. The molecule has 0 spiro atoms. The molecule has 26 heavy (non-hydrogen) atoms. The molecule has 1 atom stereocenters. The number of carbonyl (C=O) groups excluding carboxylic acids is 1. The van der Waals surface area contributed by atoms with Gasteiger partial charge in [0.1, 0.15) is 0 Å². The zero-order valence-corrected chi connectivity index (χ0v) is 18.7. The van der Waals surface area contributed by atoms with E-state index in [4.69, 9.17) is 0 Å². The summed E-state index contributed by atoms with van der Waals surface area (Å²) in [6.07, 6.45) is 2.76. The molecule has 6 heteroatoms. The summed E-state index contributed by atoms with van der Waals surface area (Å²) >= 11 is 0. The number of piperidine rings is 1. The number of hydrogen-bond acceptors (Lipinski definition) is 2. The molecule has 1 aromatic carbocycles. The van der Waals surface area contributed by atoms with Gasteiger partial charge >= 0.3 is 0 Å². The van der Waals surface area contributed by atoms with Crippen molar-refractivity contribution in [2.24, 2.45) is 10.9 Å². The van der Waals surface area contributed by atoms with E-state index in [1.54, 1.807) is 0 Å². The molecule has 146 valence electrons. The molecule has 1 aliphatic rings. The van der Waals surface area contributed by atoms with Crippen LogP contribution in [0.5, 0.6) is 0 Å². The molecular formula is C20H33IN4O. The molecule has 0 aromatic heterocycles. The Balaban J connectivity index is 0.00000338. The lowest BCUT2D eigenvalue weighted by Gasteiger charge is -2.26. The minimum Gasteiger partial charge on any atom is -0.357 e. The van der Waals surface area contributed by atoms with Crippen LogP contribution in [0.25, 0.3) is 0 Å². The fourth-order valence-electron chi connectivity index (χ4n) is 2.73. The fraction of sp³-hybridized carbons (Fsp3) is 0.600. The summed E-state index contributed by atoms with van der Waals surface area (Å²) in [5.41, 5.74) is 2.14. The zero-order valence-electron chi connectivity index (χ0n) is 16.4. The number of benzene rings is 1. The SMILES string of the molecule is CCNC(=NCc1ccc(N2CCCCC2=O)cc1)NC(C)C(C)C.I. The van der Waals surface area contributed by atoms with E-state index in [-0.39, 0.29) is 29.9 Å². The molecule has 0 aliphatic carbocycles. The third-order valence-electron chi connectivity index (χ3n) is 4.70. The highest BCUT2D eigenvalue weighted by atomic mass is 127. The van der Waals surface area contributed by atoms with Crippen LogP contribution in [0.1, 0.15) is 52.5 Å². The quantitative estimate of drug-likeness (QED) is 0.375. The Morgan fingerprint density at radius 2 is 1.88 bits per heavy atom. The number of guanidine groups is 1. The van der Waals surface area contributed by atoms with Gasteiger partial charge in [-0.05, 0) is 50.3 Å². The summed E-state index contributed by atoms with van der Waals surface area (Å²) in [5, 5.41) is 6.74. The van der Waals surface area contributed by atoms with Crippen LogP contribution in [0.2, 0.25) is 0 Å². The second-order valence-corrected chi connectivity index (χ2v) is 7.04. The van der Waals surface area contributed by atoms with Crippen molar-refractivity contribution in [3.8, 4) is 0 Å². The predicted octanol–water partition coefficient (Wildman–Crippen LogP) is 3.92. The highest BCUT2D eigenvalue weighted by Gasteiger charge is 2.19. The van der Waals surface area contributed by atoms with Gasteiger partial charge in [-0.25, -0.2) is 4.99 Å². The van der Waals surface area contributed by atoms with E-state index in [2.05, 4.69) is 55.5 Å². The third-order valence-corrected chi connectivity index (χ3v) is 4.70. The van der Waals surface area contributed by atoms with Crippen molar-refractivity contribution in [1.82, 2.24) is 10.6 Å². The van der Waals surface area contributed by atoms with Crippen LogP contribution in [0, 0.1) is 5.92 Å². The monoisotopic (exact) mass is 472 g/mol. The van der Waals surface area contributed by atoms with Crippen molar-refractivity contribution >= 4 is 41.5 Å². The number of aliphatic imine (C=N–C) groups is 1. The first-order chi connectivity index (χ1) is 12.0. The van der Waals surface area contributed by atoms with E-state index in [0.29, 0.717) is 24.9 Å². The van der Waals surface area contributed by atoms with Gasteiger partial charge in [0.05, 0.1) is 6.54 Å². The average molecular weight is 472 g/mol. The second-order valence-electron chi connectivity index (χ2n) is 7.04. The van der Waals surface area contributed by atoms with E-state index in [1.807, 2.05) is 17.0 Å². The number of amides is 1. The van der Waals surface area contributed by atoms with E-state index < -0.39 is 0 Å². The molecule has 0 bridgehead atoms. The van der Waals surface area contributed by atoms with Crippen LogP contribution in [0.4, 0.5) is 5.69 Å². The molecule has 0 radical (unpaired) electrons. The Labute approximate surface area is 175 Å². The van der Waals surface area contributed by atoms with E-state index >= 15 is 0 Å². The first-order valence-electron chi connectivity index (χ1n) is 9.45. The molecule has 1 heterocycles. The average Bonchev–Trinajstić information content (AvgIpc) is 2.60. The Morgan fingerprint density at radius 1 is 1.19 bits per heavy atom. The summed E-state index contributed by atoms with van der Waals surface area (Å²) in [7, 11) is 0. The van der Waals surface area contributed by atoms with Crippen molar-refractivity contribution in [2.45, 2.75) is 59.5 Å². The highest BCUT2D eigenvalue weighted by Crippen LogP contribution is 2.21. The van der Waals surface area contributed by atoms with E-state index in [9.17, 15) is 4.79 Å². The van der Waals surface area contributed by atoms with Crippen LogP contribution < -0.4 is 15.5 Å². The lowest BCUT2D eigenvalue weighted by molar-refractivity contribution is -0.119. The number of carbonyl (C=O) groups is 1. The standard InChI is InChI=1S/C20H32N4O.HI/c1-5-21-20(23-16(4)15(2)3)22-14-17-9-11-18(12-10-17)24-13-7-6-8-19(24)25;/h9-12,15-16H,5-8,13-14H2,1-4H3,(H2,21,22,23);1H. The second kappa shape index (κ2) is 11.4. The maximum Gasteiger partial charge on any atom is 0.226 e. The van der Waals surface area contributed by atoms with E-state index in [1.165, 1.54) is 0 Å². The number of anilines is 1. The van der Waals surface area contributed by atoms with Crippen LogP contribution in [0.15, 0.2) is 29.3 Å². The lowest BCUT2D eigenvalue weighted by Crippen LogP contribution is -2.44. The third kappa shape index (κ3) is 6.78. The van der Waals surface area contributed by atoms with Crippen molar-refractivity contribution < 1.29 is 4.79 Å². The molecular weight excluding hydrogens is 439 g/mol. The Hall–Kier alpha value is -1.31. The minimum absolute atomic E-state index is 0. The molecule has 1 saturated heterocycles. The number of nitrogens with one attached hydrogen (secondary N) is 2. The molecule has 0 saturated carbocycles. The maximum atomic E-state index is 12.0. The summed E-state index contributed by atoms with van der Waals surface area (Å²) in [4.78, 5) is 18.6. The van der Waals surface area contributed by atoms with Gasteiger partial charge in [-0.15, -0.1) is 24.0 Å². The van der Waals surface area contributed by atoms with Gasteiger partial charge in [-0.1, -0.05) is 26.0 Å². The number of hydrogen-bond donors (Lipinski definition) is 2. The normalized spacial score (nSPS) is 16.3. The topological polar surface area (TPSA) is 56.7 Å². The van der Waals surface area contributed by atoms with Crippen molar-refractivity contribution in [3.05, 3.63) is 29.8 Å². The van der Waals surface area contributed by atoms with Crippen molar-refractivity contribution in [3.63, 3.8) is 0 Å². The van der Waals surface area contributed by atoms with Gasteiger partial charge in [-0.2, -0.15) is 0 Å².